The molecule has 0 spiro atoms. The van der Waals surface area contributed by atoms with Gasteiger partial charge in [-0.3, -0.25) is 19.2 Å². The zero-order chi connectivity index (χ0) is 20.0. The molecule has 1 atom stereocenters. The Morgan fingerprint density at radius 1 is 1.04 bits per heavy atom. The molecule has 1 rings (SSSR count). The molecule has 0 radical (unpaired) electrons. The molecular weight excluding hydrogens is 336 g/mol. The highest BCUT2D eigenvalue weighted by atomic mass is 16.5. The van der Waals surface area contributed by atoms with Crippen LogP contribution in [-0.2, 0) is 28.7 Å². The second-order valence-corrected chi connectivity index (χ2v) is 6.64. The number of carbonyl (C=O) groups excluding carboxylic acids is 4. The van der Waals surface area contributed by atoms with Crippen molar-refractivity contribution in [2.45, 2.75) is 54.4 Å². The van der Waals surface area contributed by atoms with E-state index >= 15 is 0 Å². The summed E-state index contributed by atoms with van der Waals surface area (Å²) in [4.78, 5) is 48.1. The Labute approximate surface area is 153 Å². The molecule has 0 heterocycles. The topological polar surface area (TPSA) is 86.7 Å². The maximum Gasteiger partial charge on any atom is 0.308 e. The van der Waals surface area contributed by atoms with Crippen LogP contribution in [-0.4, -0.2) is 30.1 Å². The highest BCUT2D eigenvalue weighted by Gasteiger charge is 2.37. The summed E-state index contributed by atoms with van der Waals surface area (Å²) in [6.45, 7) is 9.38. The summed E-state index contributed by atoms with van der Waals surface area (Å²) in [5.74, 6) is -2.65. The number of ether oxygens (including phenoxy) is 2. The first kappa shape index (κ1) is 21.5. The van der Waals surface area contributed by atoms with Crippen LogP contribution in [0.3, 0.4) is 0 Å². The Bertz CT molecular complexity index is 717. The van der Waals surface area contributed by atoms with Gasteiger partial charge in [-0.2, -0.15) is 0 Å². The minimum Gasteiger partial charge on any atom is -0.461 e. The first-order chi connectivity index (χ1) is 12.1. The molecule has 0 fully saturated rings. The third kappa shape index (κ3) is 5.51. The second-order valence-electron chi connectivity index (χ2n) is 6.64. The summed E-state index contributed by atoms with van der Waals surface area (Å²) in [5.41, 5.74) is 1.58. The molecular formula is C20H26O6. The Kier molecular flexibility index (Phi) is 7.68. The largest absolute Gasteiger partial charge is 0.461 e. The van der Waals surface area contributed by atoms with E-state index in [2.05, 4.69) is 0 Å². The molecule has 0 saturated carbocycles. The summed E-state index contributed by atoms with van der Waals surface area (Å²) >= 11 is 0. The van der Waals surface area contributed by atoms with Gasteiger partial charge in [0.25, 0.3) is 0 Å². The predicted octanol–water partition coefficient (Wildman–Crippen LogP) is 3.22. The van der Waals surface area contributed by atoms with E-state index in [4.69, 9.17) is 9.47 Å². The first-order valence-corrected chi connectivity index (χ1v) is 8.54. The summed E-state index contributed by atoms with van der Waals surface area (Å²) in [6.07, 6.45) is 3.38. The lowest BCUT2D eigenvalue weighted by atomic mass is 9.81. The summed E-state index contributed by atoms with van der Waals surface area (Å²) < 4.78 is 10.0. The molecule has 0 saturated heterocycles. The third-order valence-electron chi connectivity index (χ3n) is 4.07. The number of ketones is 2. The van der Waals surface area contributed by atoms with Gasteiger partial charge in [-0.15, -0.1) is 0 Å². The van der Waals surface area contributed by atoms with Crippen LogP contribution in [0.15, 0.2) is 34.1 Å². The van der Waals surface area contributed by atoms with Crippen LogP contribution < -0.4 is 0 Å². The Morgan fingerprint density at radius 2 is 1.65 bits per heavy atom. The van der Waals surface area contributed by atoms with Gasteiger partial charge in [0.15, 0.2) is 11.5 Å². The fraction of sp³-hybridized carbons (Fsp3) is 0.500. The lowest BCUT2D eigenvalue weighted by molar-refractivity contribution is -0.140. The molecule has 1 aliphatic carbocycles. The van der Waals surface area contributed by atoms with Gasteiger partial charge in [0.1, 0.15) is 6.61 Å². The zero-order valence-corrected chi connectivity index (χ0v) is 16.2. The van der Waals surface area contributed by atoms with E-state index in [0.29, 0.717) is 6.42 Å². The zero-order valence-electron chi connectivity index (χ0n) is 16.2. The number of rotatable bonds is 7. The van der Waals surface area contributed by atoms with E-state index in [1.807, 2.05) is 26.8 Å². The third-order valence-corrected chi connectivity index (χ3v) is 4.07. The van der Waals surface area contributed by atoms with Crippen molar-refractivity contribution in [3.05, 3.63) is 34.1 Å². The summed E-state index contributed by atoms with van der Waals surface area (Å²) in [7, 11) is 0. The molecule has 0 N–H and O–H groups in total. The normalized spacial score (nSPS) is 15.8. The van der Waals surface area contributed by atoms with Gasteiger partial charge in [0.2, 0.25) is 5.78 Å². The Balaban J connectivity index is 3.26. The van der Waals surface area contributed by atoms with E-state index in [1.54, 1.807) is 0 Å². The van der Waals surface area contributed by atoms with Crippen molar-refractivity contribution < 1.29 is 28.7 Å². The number of carbonyl (C=O) groups is 4. The van der Waals surface area contributed by atoms with Crippen LogP contribution in [0.5, 0.6) is 0 Å². The molecule has 0 bridgehead atoms. The highest BCUT2D eigenvalue weighted by Crippen LogP contribution is 2.32. The molecule has 0 aromatic rings. The maximum absolute atomic E-state index is 13.0. The van der Waals surface area contributed by atoms with E-state index in [-0.39, 0.29) is 35.0 Å². The SMILES string of the molecule is CC(=O)OCC1=C(C)C(=O)C(OC(C)=O)=C([C@H](C)CCC=C(C)C)C1=O. The molecule has 0 unspecified atom stereocenters. The van der Waals surface area contributed by atoms with Crippen LogP contribution >= 0.6 is 0 Å². The summed E-state index contributed by atoms with van der Waals surface area (Å²) in [5, 5.41) is 0. The minimum absolute atomic E-state index is 0.130. The molecule has 6 nitrogen and oxygen atoms in total. The first-order valence-electron chi connectivity index (χ1n) is 8.54. The van der Waals surface area contributed by atoms with Gasteiger partial charge in [-0.1, -0.05) is 18.6 Å². The van der Waals surface area contributed by atoms with Crippen molar-refractivity contribution >= 4 is 23.5 Å². The van der Waals surface area contributed by atoms with E-state index in [1.165, 1.54) is 20.8 Å². The van der Waals surface area contributed by atoms with Crippen molar-refractivity contribution in [2.24, 2.45) is 5.92 Å². The van der Waals surface area contributed by atoms with Gasteiger partial charge in [0.05, 0.1) is 0 Å². The Morgan fingerprint density at radius 3 is 2.15 bits per heavy atom. The van der Waals surface area contributed by atoms with Gasteiger partial charge in [-0.05, 0) is 39.5 Å². The highest BCUT2D eigenvalue weighted by molar-refractivity contribution is 6.25. The molecule has 0 amide bonds. The monoisotopic (exact) mass is 362 g/mol. The van der Waals surface area contributed by atoms with Crippen molar-refractivity contribution in [1.82, 2.24) is 0 Å². The van der Waals surface area contributed by atoms with Gasteiger partial charge < -0.3 is 9.47 Å². The van der Waals surface area contributed by atoms with Crippen LogP contribution in [0.2, 0.25) is 0 Å². The van der Waals surface area contributed by atoms with Crippen molar-refractivity contribution in [3.63, 3.8) is 0 Å². The lowest BCUT2D eigenvalue weighted by Crippen LogP contribution is -2.30. The standard InChI is InChI=1S/C20H26O6/c1-11(2)8-7-9-12(3)17-19(24)16(10-25-14(5)21)13(4)18(23)20(17)26-15(6)22/h8,12H,7,9-10H2,1-6H3/t12-/m1/s1. The number of Topliss-reactive ketones (excluding diaryl/α,β-unsaturated/α-hetero) is 2. The van der Waals surface area contributed by atoms with Gasteiger partial charge >= 0.3 is 11.9 Å². The molecule has 0 aromatic carbocycles. The fourth-order valence-corrected chi connectivity index (χ4v) is 2.67. The molecule has 1 aliphatic rings. The number of hydrogen-bond donors (Lipinski definition) is 0. The Hall–Kier alpha value is -2.50. The number of hydrogen-bond acceptors (Lipinski definition) is 6. The average molecular weight is 362 g/mol. The van der Waals surface area contributed by atoms with Gasteiger partial charge in [-0.25, -0.2) is 0 Å². The lowest BCUT2D eigenvalue weighted by Gasteiger charge is -2.24. The predicted molar refractivity (Wildman–Crippen MR) is 96.0 cm³/mol. The number of allylic oxidation sites excluding steroid dienone is 4. The fourth-order valence-electron chi connectivity index (χ4n) is 2.67. The maximum atomic E-state index is 13.0. The smallest absolute Gasteiger partial charge is 0.308 e. The van der Waals surface area contributed by atoms with Crippen LogP contribution in [0.25, 0.3) is 0 Å². The summed E-state index contributed by atoms with van der Waals surface area (Å²) in [6, 6.07) is 0. The van der Waals surface area contributed by atoms with E-state index < -0.39 is 23.5 Å². The van der Waals surface area contributed by atoms with Crippen molar-refractivity contribution in [2.75, 3.05) is 6.61 Å². The van der Waals surface area contributed by atoms with Crippen LogP contribution in [0, 0.1) is 5.92 Å². The molecule has 0 aliphatic heterocycles. The van der Waals surface area contributed by atoms with Crippen LogP contribution in [0.1, 0.15) is 54.4 Å². The molecule has 142 valence electrons. The molecule has 26 heavy (non-hydrogen) atoms. The van der Waals surface area contributed by atoms with Crippen molar-refractivity contribution in [1.29, 1.82) is 0 Å². The van der Waals surface area contributed by atoms with E-state index in [0.717, 1.165) is 12.0 Å². The van der Waals surface area contributed by atoms with Crippen LogP contribution in [0.4, 0.5) is 0 Å². The minimum atomic E-state index is -0.661. The van der Waals surface area contributed by atoms with Crippen molar-refractivity contribution in [3.8, 4) is 0 Å². The van der Waals surface area contributed by atoms with Gasteiger partial charge in [0, 0.05) is 30.6 Å². The number of esters is 2. The molecule has 0 aromatic heterocycles. The second kappa shape index (κ2) is 9.27. The van der Waals surface area contributed by atoms with E-state index in [9.17, 15) is 19.2 Å². The average Bonchev–Trinajstić information content (AvgIpc) is 2.51. The quantitative estimate of drug-likeness (QED) is 0.393. The molecule has 6 heteroatoms.